The van der Waals surface area contributed by atoms with Gasteiger partial charge in [0.25, 0.3) is 0 Å². The summed E-state index contributed by atoms with van der Waals surface area (Å²) in [6, 6.07) is 5.68. The Morgan fingerprint density at radius 1 is 0.818 bits per heavy atom. The second-order valence-corrected chi connectivity index (χ2v) is 11.0. The number of hydrogen-bond acceptors (Lipinski definition) is 3. The zero-order valence-electron chi connectivity index (χ0n) is 23.0. The van der Waals surface area contributed by atoms with Crippen molar-refractivity contribution in [2.75, 3.05) is 0 Å². The Balaban J connectivity index is 0.000000404. The fourth-order valence-corrected chi connectivity index (χ4v) is 5.02. The molecule has 0 heterocycles. The van der Waals surface area contributed by atoms with Gasteiger partial charge in [-0.3, -0.25) is 0 Å². The molecular weight excluding hydrogens is 675 g/mol. The van der Waals surface area contributed by atoms with E-state index < -0.39 is 70.3 Å². The molecule has 1 fully saturated rings. The average Bonchev–Trinajstić information content (AvgIpc) is 2.92. The van der Waals surface area contributed by atoms with Crippen molar-refractivity contribution in [1.82, 2.24) is 0 Å². The molecule has 240 valence electrons. The Bertz CT molecular complexity index is 1440. The molecule has 0 amide bonds. The second kappa shape index (κ2) is 14.6. The number of ether oxygens (including phenoxy) is 2. The molecule has 3 aromatic rings. The highest BCUT2D eigenvalue weighted by Gasteiger charge is 2.44. The molecular formula is C30H26BrF9O4. The largest absolute Gasteiger partial charge is 0.478 e. The summed E-state index contributed by atoms with van der Waals surface area (Å²) in [5, 5.41) is 8.40. The predicted octanol–water partition coefficient (Wildman–Crippen LogP) is 10.2. The van der Waals surface area contributed by atoms with Crippen LogP contribution in [0, 0.1) is 40.9 Å². The van der Waals surface area contributed by atoms with Gasteiger partial charge in [-0.05, 0) is 61.9 Å². The average molecular weight is 701 g/mol. The Hall–Kier alpha value is -3.42. The van der Waals surface area contributed by atoms with Gasteiger partial charge in [-0.25, -0.2) is 26.7 Å². The fraction of sp³-hybridized carbons (Fsp3) is 0.367. The first-order chi connectivity index (χ1) is 20.5. The third kappa shape index (κ3) is 9.05. The number of halogens is 10. The van der Waals surface area contributed by atoms with Crippen molar-refractivity contribution in [3.8, 4) is 11.5 Å². The van der Waals surface area contributed by atoms with Gasteiger partial charge in [0.2, 0.25) is 0 Å². The van der Waals surface area contributed by atoms with E-state index in [2.05, 4.69) is 25.4 Å². The molecule has 0 radical (unpaired) electrons. The number of benzene rings is 3. The first-order valence-corrected chi connectivity index (χ1v) is 14.1. The highest BCUT2D eigenvalue weighted by molar-refractivity contribution is 9.10. The molecule has 0 bridgehead atoms. The number of hydrogen-bond donors (Lipinski definition) is 1. The summed E-state index contributed by atoms with van der Waals surface area (Å²) in [4.78, 5) is 10.3. The molecule has 1 saturated carbocycles. The Morgan fingerprint density at radius 3 is 1.93 bits per heavy atom. The lowest BCUT2D eigenvalue weighted by Gasteiger charge is -2.33. The van der Waals surface area contributed by atoms with Crippen LogP contribution in [0.25, 0.3) is 0 Å². The molecule has 4 rings (SSSR count). The lowest BCUT2D eigenvalue weighted by molar-refractivity contribution is -0.223. The van der Waals surface area contributed by atoms with Crippen molar-refractivity contribution in [3.63, 3.8) is 0 Å². The van der Waals surface area contributed by atoms with Crippen LogP contribution in [-0.2, 0) is 6.11 Å². The molecule has 4 nitrogen and oxygen atoms in total. The third-order valence-electron chi connectivity index (χ3n) is 6.89. The van der Waals surface area contributed by atoms with Crippen LogP contribution < -0.4 is 9.47 Å². The summed E-state index contributed by atoms with van der Waals surface area (Å²) in [5.41, 5.74) is -1.70. The van der Waals surface area contributed by atoms with Crippen LogP contribution in [0.3, 0.4) is 0 Å². The molecule has 1 N–H and O–H groups in total. The molecule has 14 heteroatoms. The van der Waals surface area contributed by atoms with Crippen LogP contribution in [0.15, 0.2) is 53.0 Å². The summed E-state index contributed by atoms with van der Waals surface area (Å²) in [6.45, 7) is 2.02. The van der Waals surface area contributed by atoms with Gasteiger partial charge in [-0.2, -0.15) is 17.6 Å². The Morgan fingerprint density at radius 2 is 1.41 bits per heavy atom. The lowest BCUT2D eigenvalue weighted by atomic mass is 9.79. The van der Waals surface area contributed by atoms with Crippen molar-refractivity contribution in [1.29, 1.82) is 0 Å². The topological polar surface area (TPSA) is 55.8 Å². The fourth-order valence-electron chi connectivity index (χ4n) is 4.69. The summed E-state index contributed by atoms with van der Waals surface area (Å²) >= 11 is 3.01. The summed E-state index contributed by atoms with van der Waals surface area (Å²) in [5.74, 6) is -11.5. The minimum Gasteiger partial charge on any atom is -0.478 e. The van der Waals surface area contributed by atoms with Gasteiger partial charge >= 0.3 is 18.2 Å². The number of alkyl halides is 4. The minimum atomic E-state index is -4.44. The van der Waals surface area contributed by atoms with E-state index in [-0.39, 0.29) is 30.5 Å². The van der Waals surface area contributed by atoms with Crippen molar-refractivity contribution >= 4 is 21.9 Å². The van der Waals surface area contributed by atoms with Gasteiger partial charge in [0.1, 0.15) is 28.7 Å². The molecule has 0 unspecified atom stereocenters. The highest BCUT2D eigenvalue weighted by Crippen LogP contribution is 2.42. The van der Waals surface area contributed by atoms with Crippen LogP contribution in [0.5, 0.6) is 11.5 Å². The Labute approximate surface area is 254 Å². The highest BCUT2D eigenvalue weighted by atomic mass is 79.9. The SMILES string of the molecule is CCCC1CCC(C(F)(F)Oc2ccc(C(F)(F)Oc3cc(F)c(F)c(F)c3)c(F)c2)CC1.O=C(O)c1ccc(Br)cc1F. The molecule has 0 saturated heterocycles. The number of carbonyl (C=O) groups is 1. The predicted molar refractivity (Wildman–Crippen MR) is 144 cm³/mol. The molecule has 0 aliphatic heterocycles. The number of carboxylic acid groups (broad SMARTS) is 1. The van der Waals surface area contributed by atoms with Crippen molar-refractivity contribution in [3.05, 3.63) is 93.2 Å². The quantitative estimate of drug-likeness (QED) is 0.178. The number of rotatable bonds is 9. The van der Waals surface area contributed by atoms with E-state index in [1.807, 2.05) is 6.92 Å². The van der Waals surface area contributed by atoms with E-state index in [9.17, 15) is 44.3 Å². The molecule has 44 heavy (non-hydrogen) atoms. The summed E-state index contributed by atoms with van der Waals surface area (Å²) < 4.78 is 134. The maximum absolute atomic E-state index is 14.6. The van der Waals surface area contributed by atoms with Crippen molar-refractivity contribution in [2.45, 2.75) is 57.7 Å². The normalized spacial score (nSPS) is 17.0. The van der Waals surface area contributed by atoms with E-state index in [1.54, 1.807) is 0 Å². The van der Waals surface area contributed by atoms with Crippen molar-refractivity contribution in [2.24, 2.45) is 11.8 Å². The zero-order chi connectivity index (χ0) is 32.8. The van der Waals surface area contributed by atoms with Crippen LogP contribution in [0.1, 0.15) is 61.4 Å². The van der Waals surface area contributed by atoms with E-state index in [0.717, 1.165) is 25.0 Å². The smallest absolute Gasteiger partial charge is 0.429 e. The molecule has 0 aromatic heterocycles. The zero-order valence-corrected chi connectivity index (χ0v) is 24.6. The monoisotopic (exact) mass is 700 g/mol. The van der Waals surface area contributed by atoms with E-state index in [0.29, 0.717) is 35.4 Å². The van der Waals surface area contributed by atoms with Gasteiger partial charge in [0.05, 0.1) is 11.5 Å². The van der Waals surface area contributed by atoms with Gasteiger partial charge < -0.3 is 14.6 Å². The lowest BCUT2D eigenvalue weighted by Crippen LogP contribution is -2.37. The van der Waals surface area contributed by atoms with Gasteiger partial charge in [-0.1, -0.05) is 35.7 Å². The van der Waals surface area contributed by atoms with E-state index in [4.69, 9.17) is 5.11 Å². The van der Waals surface area contributed by atoms with Gasteiger partial charge in [0, 0.05) is 22.7 Å². The standard InChI is InChI=1S/C23H22F8O2.C7H4BrFO2/c1-2-3-13-4-6-14(7-5-13)22(28,29)32-15-8-9-17(18(24)10-15)23(30,31)33-16-11-19(25)21(27)20(26)12-16;8-4-1-2-5(7(10)11)6(9)3-4/h8-14H,2-7H2,1H3;1-3H,(H,10,11). The second-order valence-electron chi connectivity index (χ2n) is 10.1. The van der Waals surface area contributed by atoms with E-state index in [1.165, 1.54) is 12.1 Å². The Kier molecular flexibility index (Phi) is 11.6. The molecule has 0 spiro atoms. The third-order valence-corrected chi connectivity index (χ3v) is 7.39. The summed E-state index contributed by atoms with van der Waals surface area (Å²) in [6.07, 6.45) is -4.43. The van der Waals surface area contributed by atoms with Crippen LogP contribution >= 0.6 is 15.9 Å². The molecule has 1 aliphatic rings. The van der Waals surface area contributed by atoms with Gasteiger partial charge in [0.15, 0.2) is 17.5 Å². The van der Waals surface area contributed by atoms with Crippen LogP contribution in [0.2, 0.25) is 0 Å². The maximum atomic E-state index is 14.6. The maximum Gasteiger partial charge on any atom is 0.429 e. The minimum absolute atomic E-state index is 0.164. The van der Waals surface area contributed by atoms with Crippen LogP contribution in [0.4, 0.5) is 39.5 Å². The first-order valence-electron chi connectivity index (χ1n) is 13.3. The summed E-state index contributed by atoms with van der Waals surface area (Å²) in [7, 11) is 0. The van der Waals surface area contributed by atoms with Gasteiger partial charge in [-0.15, -0.1) is 0 Å². The number of carboxylic acids is 1. The van der Waals surface area contributed by atoms with Crippen LogP contribution in [-0.4, -0.2) is 17.2 Å². The molecule has 0 atom stereocenters. The van der Waals surface area contributed by atoms with E-state index >= 15 is 0 Å². The molecule has 3 aromatic carbocycles. The number of aromatic carboxylic acids is 1. The van der Waals surface area contributed by atoms with Crippen molar-refractivity contribution < 1.29 is 58.9 Å². The first kappa shape index (κ1) is 35.1. The molecule has 1 aliphatic carbocycles.